The highest BCUT2D eigenvalue weighted by Crippen LogP contribution is 2.44. The van der Waals surface area contributed by atoms with Crippen molar-refractivity contribution in [3.8, 4) is 0 Å². The molecule has 3 amide bonds. The summed E-state index contributed by atoms with van der Waals surface area (Å²) in [5, 5.41) is 0. The molecule has 3 rings (SSSR count). The van der Waals surface area contributed by atoms with Gasteiger partial charge < -0.3 is 0 Å². The summed E-state index contributed by atoms with van der Waals surface area (Å²) in [6, 6.07) is 6.97. The van der Waals surface area contributed by atoms with E-state index in [0.29, 0.717) is 11.4 Å². The molecule has 0 aliphatic carbocycles. The van der Waals surface area contributed by atoms with Crippen LogP contribution in [-0.2, 0) is 4.79 Å². The van der Waals surface area contributed by atoms with Gasteiger partial charge in [-0.2, -0.15) is 0 Å². The van der Waals surface area contributed by atoms with Crippen molar-refractivity contribution in [2.45, 2.75) is 31.7 Å². The second-order valence-corrected chi connectivity index (χ2v) is 7.06. The van der Waals surface area contributed by atoms with Crippen molar-refractivity contribution in [1.82, 2.24) is 4.90 Å². The average Bonchev–Trinajstić information content (AvgIpc) is 2.79. The maximum Gasteiger partial charge on any atom is 0.333 e. The lowest BCUT2D eigenvalue weighted by atomic mass is 10.2. The first-order valence-corrected chi connectivity index (χ1v) is 7.28. The van der Waals surface area contributed by atoms with Crippen molar-refractivity contribution >= 4 is 29.4 Å². The van der Waals surface area contributed by atoms with Crippen molar-refractivity contribution in [3.63, 3.8) is 0 Å². The number of fused-ring (bicyclic) bond motifs is 1. The first-order valence-electron chi connectivity index (χ1n) is 6.30. The van der Waals surface area contributed by atoms with Gasteiger partial charge in [-0.15, -0.1) is 11.8 Å². The Hall–Kier alpha value is -1.49. The average molecular weight is 276 g/mol. The predicted molar refractivity (Wildman–Crippen MR) is 76.2 cm³/mol. The van der Waals surface area contributed by atoms with E-state index in [1.165, 1.54) is 4.90 Å². The summed E-state index contributed by atoms with van der Waals surface area (Å²) in [7, 11) is 0. The quantitative estimate of drug-likeness (QED) is 0.740. The minimum Gasteiger partial charge on any atom is -0.297 e. The molecule has 4 nitrogen and oxygen atoms in total. The second-order valence-electron chi connectivity index (χ2n) is 5.44. The predicted octanol–water partition coefficient (Wildman–Crippen LogP) is 2.62. The van der Waals surface area contributed by atoms with Crippen LogP contribution in [0.25, 0.3) is 0 Å². The zero-order valence-electron chi connectivity index (χ0n) is 11.2. The van der Waals surface area contributed by atoms with Crippen molar-refractivity contribution in [2.75, 3.05) is 10.7 Å². The van der Waals surface area contributed by atoms with Gasteiger partial charge in [0.1, 0.15) is 6.04 Å². The molecule has 2 fully saturated rings. The minimum absolute atomic E-state index is 0.105. The number of imide groups is 1. The Morgan fingerprint density at radius 2 is 1.84 bits per heavy atom. The zero-order chi connectivity index (χ0) is 13.8. The molecule has 2 aliphatic heterocycles. The lowest BCUT2D eigenvalue weighted by molar-refractivity contribution is -0.119. The van der Waals surface area contributed by atoms with E-state index in [4.69, 9.17) is 0 Å². The Labute approximate surface area is 116 Å². The van der Waals surface area contributed by atoms with E-state index >= 15 is 0 Å². The van der Waals surface area contributed by atoms with Gasteiger partial charge in [-0.05, 0) is 32.9 Å². The molecule has 0 spiro atoms. The maximum absolute atomic E-state index is 12.5. The van der Waals surface area contributed by atoms with Crippen LogP contribution in [0.2, 0.25) is 0 Å². The van der Waals surface area contributed by atoms with Crippen LogP contribution < -0.4 is 4.90 Å². The van der Waals surface area contributed by atoms with Gasteiger partial charge in [0.25, 0.3) is 5.91 Å². The van der Waals surface area contributed by atoms with Crippen molar-refractivity contribution in [2.24, 2.45) is 0 Å². The van der Waals surface area contributed by atoms with Gasteiger partial charge in [-0.3, -0.25) is 9.69 Å². The molecule has 1 aromatic rings. The number of aryl methyl sites for hydroxylation is 1. The monoisotopic (exact) mass is 276 g/mol. The Morgan fingerprint density at radius 3 is 2.42 bits per heavy atom. The standard InChI is InChI=1S/C14H16N2O2S/c1-9-4-6-10(7-5-9)15-12(17)11-8-19-14(2,3)16(11)13(15)18/h4-7,11H,8H2,1-3H3/t11-/m0/s1. The molecule has 0 N–H and O–H groups in total. The normalized spacial score (nSPS) is 25.1. The number of urea groups is 1. The van der Waals surface area contributed by atoms with Crippen molar-refractivity contribution < 1.29 is 9.59 Å². The molecule has 0 unspecified atom stereocenters. The van der Waals surface area contributed by atoms with Gasteiger partial charge in [0.05, 0.1) is 10.6 Å². The largest absolute Gasteiger partial charge is 0.333 e. The van der Waals surface area contributed by atoms with Crippen molar-refractivity contribution in [3.05, 3.63) is 29.8 Å². The lowest BCUT2D eigenvalue weighted by Crippen LogP contribution is -2.43. The van der Waals surface area contributed by atoms with Crippen LogP contribution in [0, 0.1) is 6.92 Å². The van der Waals surface area contributed by atoms with Crippen molar-refractivity contribution in [1.29, 1.82) is 0 Å². The van der Waals surface area contributed by atoms with Crippen LogP contribution in [0.3, 0.4) is 0 Å². The fourth-order valence-electron chi connectivity index (χ4n) is 2.63. The summed E-state index contributed by atoms with van der Waals surface area (Å²) in [5.41, 5.74) is 1.77. The number of benzene rings is 1. The number of nitrogens with zero attached hydrogens (tertiary/aromatic N) is 2. The molecule has 19 heavy (non-hydrogen) atoms. The van der Waals surface area contributed by atoms with Gasteiger partial charge in [-0.25, -0.2) is 9.69 Å². The number of thioether (sulfide) groups is 1. The molecule has 2 saturated heterocycles. The highest BCUT2D eigenvalue weighted by molar-refractivity contribution is 8.00. The Balaban J connectivity index is 1.99. The number of carbonyl (C=O) groups excluding carboxylic acids is 2. The maximum atomic E-state index is 12.5. The molecule has 0 bridgehead atoms. The summed E-state index contributed by atoms with van der Waals surface area (Å²) in [5.74, 6) is 0.576. The van der Waals surface area contributed by atoms with Gasteiger partial charge >= 0.3 is 6.03 Å². The van der Waals surface area contributed by atoms with E-state index in [2.05, 4.69) is 0 Å². The van der Waals surface area contributed by atoms with Crippen LogP contribution in [0.4, 0.5) is 10.5 Å². The third-order valence-corrected chi connectivity index (χ3v) is 5.07. The van der Waals surface area contributed by atoms with Crippen LogP contribution in [0.15, 0.2) is 24.3 Å². The van der Waals surface area contributed by atoms with E-state index in [0.717, 1.165) is 5.56 Å². The van der Waals surface area contributed by atoms with Crippen LogP contribution in [0.5, 0.6) is 0 Å². The van der Waals surface area contributed by atoms with Gasteiger partial charge in [0.2, 0.25) is 0 Å². The highest BCUT2D eigenvalue weighted by atomic mass is 32.2. The number of carbonyl (C=O) groups is 2. The molecule has 0 radical (unpaired) electrons. The van der Waals surface area contributed by atoms with Crippen LogP contribution in [0.1, 0.15) is 19.4 Å². The number of anilines is 1. The van der Waals surface area contributed by atoms with E-state index in [1.54, 1.807) is 16.7 Å². The molecule has 0 aromatic heterocycles. The summed E-state index contributed by atoms with van der Waals surface area (Å²) in [6.07, 6.45) is 0. The molecular weight excluding hydrogens is 260 g/mol. The highest BCUT2D eigenvalue weighted by Gasteiger charge is 2.55. The van der Waals surface area contributed by atoms with E-state index < -0.39 is 0 Å². The van der Waals surface area contributed by atoms with E-state index in [-0.39, 0.29) is 22.9 Å². The van der Waals surface area contributed by atoms with Gasteiger partial charge in [0, 0.05) is 5.75 Å². The summed E-state index contributed by atoms with van der Waals surface area (Å²) in [6.45, 7) is 5.96. The molecule has 0 saturated carbocycles. The Bertz CT molecular complexity index is 553. The Kier molecular flexibility index (Phi) is 2.64. The topological polar surface area (TPSA) is 40.6 Å². The minimum atomic E-state index is -0.311. The second kappa shape index (κ2) is 4.00. The fourth-order valence-corrected chi connectivity index (χ4v) is 3.83. The molecular formula is C14H16N2O2S. The number of hydrogen-bond acceptors (Lipinski definition) is 3. The molecule has 2 aliphatic rings. The SMILES string of the molecule is Cc1ccc(N2C(=O)[C@@H]3CSC(C)(C)N3C2=O)cc1. The zero-order valence-corrected chi connectivity index (χ0v) is 12.0. The third-order valence-electron chi connectivity index (χ3n) is 3.68. The summed E-state index contributed by atoms with van der Waals surface area (Å²) >= 11 is 1.66. The molecule has 100 valence electrons. The van der Waals surface area contributed by atoms with Gasteiger partial charge in [0.15, 0.2) is 0 Å². The van der Waals surface area contributed by atoms with E-state index in [9.17, 15) is 9.59 Å². The molecule has 1 atom stereocenters. The third kappa shape index (κ3) is 1.75. The summed E-state index contributed by atoms with van der Waals surface area (Å²) in [4.78, 5) is 27.6. The smallest absolute Gasteiger partial charge is 0.297 e. The molecule has 5 heteroatoms. The number of hydrogen-bond donors (Lipinski definition) is 0. The Morgan fingerprint density at radius 1 is 1.21 bits per heavy atom. The van der Waals surface area contributed by atoms with Crippen LogP contribution in [-0.4, -0.2) is 33.5 Å². The molecule has 1 aromatic carbocycles. The fraction of sp³-hybridized carbons (Fsp3) is 0.429. The van der Waals surface area contributed by atoms with Gasteiger partial charge in [-0.1, -0.05) is 17.7 Å². The first-order chi connectivity index (χ1) is 8.92. The first kappa shape index (κ1) is 12.5. The lowest BCUT2D eigenvalue weighted by Gasteiger charge is -2.29. The molecule has 2 heterocycles. The summed E-state index contributed by atoms with van der Waals surface area (Å²) < 4.78 is 0. The number of rotatable bonds is 1. The number of amides is 3. The van der Waals surface area contributed by atoms with Crippen LogP contribution >= 0.6 is 11.8 Å². The van der Waals surface area contributed by atoms with E-state index in [1.807, 2.05) is 45.0 Å².